The summed E-state index contributed by atoms with van der Waals surface area (Å²) in [6.45, 7) is 0. The van der Waals surface area contributed by atoms with E-state index in [1.165, 1.54) is 12.1 Å². The highest BCUT2D eigenvalue weighted by atomic mass is 19.1. The first-order valence-electron chi connectivity index (χ1n) is 5.20. The minimum absolute atomic E-state index is 0.370. The molecular weight excluding hydrogens is 235 g/mol. The average molecular weight is 244 g/mol. The Labute approximate surface area is 103 Å². The lowest BCUT2D eigenvalue weighted by Gasteiger charge is -2.04. The molecule has 0 amide bonds. The number of benzene rings is 2. The van der Waals surface area contributed by atoms with E-state index in [0.717, 1.165) is 6.07 Å². The van der Waals surface area contributed by atoms with Crippen molar-refractivity contribution in [3.8, 4) is 11.1 Å². The van der Waals surface area contributed by atoms with E-state index >= 15 is 0 Å². The fraction of sp³-hybridized carbons (Fsp3) is 0. The van der Waals surface area contributed by atoms with Crippen LogP contribution in [0.3, 0.4) is 0 Å². The fourth-order valence-electron chi connectivity index (χ4n) is 1.66. The Hall–Kier alpha value is -2.49. The zero-order chi connectivity index (χ0) is 13.1. The van der Waals surface area contributed by atoms with Crippen LogP contribution in [-0.4, -0.2) is 17.4 Å². The van der Waals surface area contributed by atoms with Gasteiger partial charge in [0.05, 0.1) is 5.56 Å². The van der Waals surface area contributed by atoms with Crippen LogP contribution in [0.1, 0.15) is 20.7 Å². The van der Waals surface area contributed by atoms with Crippen LogP contribution >= 0.6 is 0 Å². The van der Waals surface area contributed by atoms with Crippen molar-refractivity contribution in [3.05, 3.63) is 59.4 Å². The minimum atomic E-state index is -1.30. The Balaban J connectivity index is 2.48. The topological polar surface area (TPSA) is 54.4 Å². The number of carbonyl (C=O) groups excluding carboxylic acids is 1. The Bertz CT molecular complexity index is 620. The van der Waals surface area contributed by atoms with Crippen molar-refractivity contribution in [2.24, 2.45) is 0 Å². The molecule has 3 nitrogen and oxygen atoms in total. The molecule has 0 aliphatic heterocycles. The summed E-state index contributed by atoms with van der Waals surface area (Å²) in [4.78, 5) is 21.3. The highest BCUT2D eigenvalue weighted by Gasteiger charge is 2.11. The van der Waals surface area contributed by atoms with Crippen molar-refractivity contribution >= 4 is 12.3 Å². The van der Waals surface area contributed by atoms with E-state index in [2.05, 4.69) is 0 Å². The maximum absolute atomic E-state index is 13.5. The first-order chi connectivity index (χ1) is 8.61. The second-order valence-electron chi connectivity index (χ2n) is 3.74. The van der Waals surface area contributed by atoms with Crippen LogP contribution in [0.15, 0.2) is 42.5 Å². The van der Waals surface area contributed by atoms with E-state index in [1.807, 2.05) is 0 Å². The smallest absolute Gasteiger partial charge is 0.338 e. The number of hydrogen-bond acceptors (Lipinski definition) is 2. The van der Waals surface area contributed by atoms with Gasteiger partial charge in [-0.2, -0.15) is 0 Å². The van der Waals surface area contributed by atoms with Gasteiger partial charge in [-0.3, -0.25) is 4.79 Å². The number of halogens is 1. The van der Waals surface area contributed by atoms with Gasteiger partial charge in [0.25, 0.3) is 0 Å². The standard InChI is InChI=1S/C14H9FO3/c15-13-7-11(4-5-12(13)14(17)18)10-3-1-2-9(6-10)8-16/h1-8H,(H,17,18). The number of aromatic carboxylic acids is 1. The maximum atomic E-state index is 13.5. The summed E-state index contributed by atoms with van der Waals surface area (Å²) in [5.41, 5.74) is 1.30. The molecule has 2 aromatic rings. The first kappa shape index (κ1) is 12.0. The minimum Gasteiger partial charge on any atom is -0.478 e. The summed E-state index contributed by atoms with van der Waals surface area (Å²) in [7, 11) is 0. The van der Waals surface area contributed by atoms with Gasteiger partial charge >= 0.3 is 5.97 Å². The molecule has 1 N–H and O–H groups in total. The van der Waals surface area contributed by atoms with Crippen molar-refractivity contribution in [3.63, 3.8) is 0 Å². The van der Waals surface area contributed by atoms with E-state index in [4.69, 9.17) is 5.11 Å². The van der Waals surface area contributed by atoms with Gasteiger partial charge in [0.2, 0.25) is 0 Å². The van der Waals surface area contributed by atoms with Gasteiger partial charge in [-0.25, -0.2) is 9.18 Å². The fourth-order valence-corrected chi connectivity index (χ4v) is 1.66. The number of aldehydes is 1. The highest BCUT2D eigenvalue weighted by Crippen LogP contribution is 2.22. The molecule has 18 heavy (non-hydrogen) atoms. The third kappa shape index (κ3) is 2.27. The lowest BCUT2D eigenvalue weighted by Crippen LogP contribution is -2.00. The lowest BCUT2D eigenvalue weighted by molar-refractivity contribution is 0.0692. The van der Waals surface area contributed by atoms with Gasteiger partial charge in [0.15, 0.2) is 0 Å². The summed E-state index contributed by atoms with van der Waals surface area (Å²) in [5.74, 6) is -2.10. The monoisotopic (exact) mass is 244 g/mol. The summed E-state index contributed by atoms with van der Waals surface area (Å²) in [6, 6.07) is 10.5. The summed E-state index contributed by atoms with van der Waals surface area (Å²) >= 11 is 0. The zero-order valence-electron chi connectivity index (χ0n) is 9.26. The van der Waals surface area contributed by atoms with Crippen LogP contribution in [0, 0.1) is 5.82 Å². The number of carboxylic acids is 1. The van der Waals surface area contributed by atoms with Crippen LogP contribution in [0.2, 0.25) is 0 Å². The molecule has 0 bridgehead atoms. The molecule has 0 atom stereocenters. The van der Waals surface area contributed by atoms with Crippen molar-refractivity contribution in [1.29, 1.82) is 0 Å². The number of hydrogen-bond donors (Lipinski definition) is 1. The summed E-state index contributed by atoms with van der Waals surface area (Å²) in [6.07, 6.45) is 0.700. The predicted molar refractivity (Wildman–Crippen MR) is 64.2 cm³/mol. The molecule has 0 saturated carbocycles. The lowest BCUT2D eigenvalue weighted by atomic mass is 10.0. The molecule has 0 aliphatic rings. The molecule has 4 heteroatoms. The van der Waals surface area contributed by atoms with E-state index in [0.29, 0.717) is 23.0 Å². The van der Waals surface area contributed by atoms with Crippen molar-refractivity contribution in [2.75, 3.05) is 0 Å². The number of rotatable bonds is 3. The maximum Gasteiger partial charge on any atom is 0.338 e. The van der Waals surface area contributed by atoms with Crippen molar-refractivity contribution < 1.29 is 19.1 Å². The quantitative estimate of drug-likeness (QED) is 0.844. The molecule has 2 aromatic carbocycles. The van der Waals surface area contributed by atoms with E-state index in [9.17, 15) is 14.0 Å². The number of carbonyl (C=O) groups is 2. The van der Waals surface area contributed by atoms with Crippen molar-refractivity contribution in [1.82, 2.24) is 0 Å². The molecule has 90 valence electrons. The number of carboxylic acid groups (broad SMARTS) is 1. The van der Waals surface area contributed by atoms with Gasteiger partial charge in [-0.05, 0) is 29.3 Å². The van der Waals surface area contributed by atoms with Crippen LogP contribution in [-0.2, 0) is 0 Å². The van der Waals surface area contributed by atoms with Gasteiger partial charge in [0, 0.05) is 5.56 Å². The van der Waals surface area contributed by atoms with E-state index in [1.54, 1.807) is 24.3 Å². The normalized spacial score (nSPS) is 10.1. The second kappa shape index (κ2) is 4.79. The molecule has 0 aromatic heterocycles. The van der Waals surface area contributed by atoms with Crippen LogP contribution in [0.25, 0.3) is 11.1 Å². The highest BCUT2D eigenvalue weighted by molar-refractivity contribution is 5.89. The van der Waals surface area contributed by atoms with Gasteiger partial charge in [-0.15, -0.1) is 0 Å². The molecule has 0 unspecified atom stereocenters. The molecule has 2 rings (SSSR count). The third-order valence-electron chi connectivity index (χ3n) is 2.56. The molecule has 0 radical (unpaired) electrons. The summed E-state index contributed by atoms with van der Waals surface area (Å²) in [5, 5.41) is 8.72. The molecule has 0 fully saturated rings. The zero-order valence-corrected chi connectivity index (χ0v) is 9.26. The average Bonchev–Trinajstić information content (AvgIpc) is 2.38. The first-order valence-corrected chi connectivity index (χ1v) is 5.20. The van der Waals surface area contributed by atoms with Crippen LogP contribution in [0.4, 0.5) is 4.39 Å². The van der Waals surface area contributed by atoms with E-state index < -0.39 is 11.8 Å². The van der Waals surface area contributed by atoms with Gasteiger partial charge in [0.1, 0.15) is 12.1 Å². The molecule has 0 saturated heterocycles. The van der Waals surface area contributed by atoms with Crippen LogP contribution in [0.5, 0.6) is 0 Å². The Morgan fingerprint density at radius 2 is 1.83 bits per heavy atom. The van der Waals surface area contributed by atoms with E-state index in [-0.39, 0.29) is 5.56 Å². The predicted octanol–water partition coefficient (Wildman–Crippen LogP) is 3.00. The molecular formula is C14H9FO3. The summed E-state index contributed by atoms with van der Waals surface area (Å²) < 4.78 is 13.5. The largest absolute Gasteiger partial charge is 0.478 e. The molecule has 0 heterocycles. The Morgan fingerprint density at radius 3 is 2.44 bits per heavy atom. The van der Waals surface area contributed by atoms with Crippen molar-refractivity contribution in [2.45, 2.75) is 0 Å². The molecule has 0 spiro atoms. The van der Waals surface area contributed by atoms with Gasteiger partial charge < -0.3 is 5.11 Å². The van der Waals surface area contributed by atoms with Crippen LogP contribution < -0.4 is 0 Å². The van der Waals surface area contributed by atoms with Gasteiger partial charge in [-0.1, -0.05) is 24.3 Å². The molecule has 0 aliphatic carbocycles. The third-order valence-corrected chi connectivity index (χ3v) is 2.56. The Morgan fingerprint density at radius 1 is 1.11 bits per heavy atom. The second-order valence-corrected chi connectivity index (χ2v) is 3.74. The SMILES string of the molecule is O=Cc1cccc(-c2ccc(C(=O)O)c(F)c2)c1. The Kier molecular flexibility index (Phi) is 3.19.